The molecule has 4 heteroatoms. The fourth-order valence-electron chi connectivity index (χ4n) is 7.92. The van der Waals surface area contributed by atoms with E-state index in [4.69, 9.17) is 8.83 Å². The number of nitrogens with zero attached hydrogens (tertiary/aromatic N) is 2. The van der Waals surface area contributed by atoms with Gasteiger partial charge in [0.25, 0.3) is 0 Å². The van der Waals surface area contributed by atoms with Crippen molar-refractivity contribution in [2.75, 3.05) is 4.90 Å². The summed E-state index contributed by atoms with van der Waals surface area (Å²) >= 11 is 0. The first-order valence-corrected chi connectivity index (χ1v) is 16.9. The van der Waals surface area contributed by atoms with Crippen molar-refractivity contribution in [2.24, 2.45) is 0 Å². The highest BCUT2D eigenvalue weighted by Gasteiger charge is 2.19. The van der Waals surface area contributed by atoms with E-state index in [0.29, 0.717) is 0 Å². The molecule has 0 spiro atoms. The monoisotopic (exact) mass is 640 g/mol. The Balaban J connectivity index is 1.11. The lowest BCUT2D eigenvalue weighted by Crippen LogP contribution is -2.10. The molecule has 0 radical (unpaired) electrons. The third kappa shape index (κ3) is 3.93. The van der Waals surface area contributed by atoms with Crippen LogP contribution in [0.1, 0.15) is 0 Å². The fourth-order valence-corrected chi connectivity index (χ4v) is 7.92. The van der Waals surface area contributed by atoms with E-state index >= 15 is 0 Å². The summed E-state index contributed by atoms with van der Waals surface area (Å²) in [5, 5.41) is 9.47. The molecule has 234 valence electrons. The third-order valence-corrected chi connectivity index (χ3v) is 10.2. The number of hydrogen-bond acceptors (Lipinski definition) is 3. The van der Waals surface area contributed by atoms with Crippen LogP contribution in [-0.4, -0.2) is 4.57 Å². The second-order valence-electron chi connectivity index (χ2n) is 12.9. The van der Waals surface area contributed by atoms with E-state index in [9.17, 15) is 0 Å². The number of hydrogen-bond donors (Lipinski definition) is 0. The average Bonchev–Trinajstić information content (AvgIpc) is 3.84. The normalized spacial score (nSPS) is 12.0. The van der Waals surface area contributed by atoms with Gasteiger partial charge in [-0.25, -0.2) is 0 Å². The van der Waals surface area contributed by atoms with E-state index in [2.05, 4.69) is 155 Å². The van der Waals surface area contributed by atoms with Crippen LogP contribution in [0.3, 0.4) is 0 Å². The maximum absolute atomic E-state index is 6.37. The van der Waals surface area contributed by atoms with Gasteiger partial charge in [-0.05, 0) is 89.6 Å². The molecule has 0 aliphatic carbocycles. The minimum Gasteiger partial charge on any atom is -0.456 e. The van der Waals surface area contributed by atoms with Crippen molar-refractivity contribution in [3.8, 4) is 5.69 Å². The molecule has 11 aromatic rings. The number of anilines is 3. The molecule has 3 heterocycles. The van der Waals surface area contributed by atoms with Crippen LogP contribution in [0.5, 0.6) is 0 Å². The summed E-state index contributed by atoms with van der Waals surface area (Å²) in [7, 11) is 0. The predicted octanol–water partition coefficient (Wildman–Crippen LogP) is 13.2. The molecule has 3 aromatic heterocycles. The highest BCUT2D eigenvalue weighted by atomic mass is 16.3. The summed E-state index contributed by atoms with van der Waals surface area (Å²) in [4.78, 5) is 2.30. The predicted molar refractivity (Wildman–Crippen MR) is 208 cm³/mol. The number of fused-ring (bicyclic) bond motifs is 11. The van der Waals surface area contributed by atoms with Gasteiger partial charge in [0.05, 0.1) is 11.0 Å². The number of benzene rings is 8. The van der Waals surface area contributed by atoms with Crippen molar-refractivity contribution in [3.05, 3.63) is 170 Å². The van der Waals surface area contributed by atoms with Crippen LogP contribution in [-0.2, 0) is 0 Å². The number of rotatable bonds is 4. The summed E-state index contributed by atoms with van der Waals surface area (Å²) in [5.74, 6) is 0. The van der Waals surface area contributed by atoms with E-state index < -0.39 is 0 Å². The van der Waals surface area contributed by atoms with Gasteiger partial charge in [-0.15, -0.1) is 0 Å². The minimum atomic E-state index is 0.859. The van der Waals surface area contributed by atoms with Crippen molar-refractivity contribution < 1.29 is 8.83 Å². The van der Waals surface area contributed by atoms with Crippen LogP contribution in [0.2, 0.25) is 0 Å². The molecule has 50 heavy (non-hydrogen) atoms. The SMILES string of the molecule is c1ccc2c(c1)ccc1c2c2ccccc2n1-c1ccc(N(c2ccc3c(c2)oc2ccccc23)c2ccc3oc4ccccc4c3c2)cc1. The van der Waals surface area contributed by atoms with Gasteiger partial charge in [-0.2, -0.15) is 0 Å². The maximum atomic E-state index is 6.37. The summed E-state index contributed by atoms with van der Waals surface area (Å²) < 4.78 is 15.0. The van der Waals surface area contributed by atoms with Gasteiger partial charge in [-0.1, -0.05) is 84.9 Å². The Labute approximate surface area is 286 Å². The average molecular weight is 641 g/mol. The highest BCUT2D eigenvalue weighted by Crippen LogP contribution is 2.42. The summed E-state index contributed by atoms with van der Waals surface area (Å²) in [6, 6.07) is 60.2. The standard InChI is InChI=1S/C46H28N2O2/c1-2-10-34-29(9-1)17-25-41-46(34)38-13-3-6-14-40(38)48(41)31-20-18-30(19-21-31)47(32-23-26-44-39(27-32)36-12-5-8-16-43(36)49-44)33-22-24-37-35-11-4-7-15-42(35)50-45(37)28-33/h1-28H. The van der Waals surface area contributed by atoms with E-state index in [-0.39, 0.29) is 0 Å². The molecule has 0 unspecified atom stereocenters. The van der Waals surface area contributed by atoms with E-state index in [1.54, 1.807) is 0 Å². The minimum absolute atomic E-state index is 0.859. The zero-order chi connectivity index (χ0) is 32.8. The second kappa shape index (κ2) is 10.4. The summed E-state index contributed by atoms with van der Waals surface area (Å²) in [5.41, 5.74) is 10.1. The van der Waals surface area contributed by atoms with Gasteiger partial charge in [-0.3, -0.25) is 0 Å². The van der Waals surface area contributed by atoms with E-state index in [0.717, 1.165) is 66.6 Å². The van der Waals surface area contributed by atoms with E-state index in [1.807, 2.05) is 24.3 Å². The highest BCUT2D eigenvalue weighted by molar-refractivity contribution is 6.21. The number of aromatic nitrogens is 1. The van der Waals surface area contributed by atoms with Crippen LogP contribution < -0.4 is 4.90 Å². The van der Waals surface area contributed by atoms with Gasteiger partial charge >= 0.3 is 0 Å². The molecule has 0 atom stereocenters. The number of furan rings is 2. The lowest BCUT2D eigenvalue weighted by molar-refractivity contribution is 0.668. The Kier molecular flexibility index (Phi) is 5.63. The molecule has 0 bridgehead atoms. The molecule has 11 rings (SSSR count). The lowest BCUT2D eigenvalue weighted by Gasteiger charge is -2.26. The summed E-state index contributed by atoms with van der Waals surface area (Å²) in [6.45, 7) is 0. The van der Waals surface area contributed by atoms with Gasteiger partial charge in [0.2, 0.25) is 0 Å². The molecule has 0 fully saturated rings. The molecule has 8 aromatic carbocycles. The first-order valence-electron chi connectivity index (χ1n) is 16.9. The largest absolute Gasteiger partial charge is 0.456 e. The van der Waals surface area contributed by atoms with Crippen LogP contribution in [0.15, 0.2) is 179 Å². The van der Waals surface area contributed by atoms with Crippen LogP contribution in [0.25, 0.3) is 82.1 Å². The molecule has 0 aliphatic rings. The lowest BCUT2D eigenvalue weighted by atomic mass is 10.0. The molecule has 0 N–H and O–H groups in total. The molecule has 0 aliphatic heterocycles. The van der Waals surface area contributed by atoms with Crippen molar-refractivity contribution in [3.63, 3.8) is 0 Å². The first kappa shape index (κ1) is 27.2. The second-order valence-corrected chi connectivity index (χ2v) is 12.9. The van der Waals surface area contributed by atoms with E-state index in [1.165, 1.54) is 32.6 Å². The molecule has 4 nitrogen and oxygen atoms in total. The quantitative estimate of drug-likeness (QED) is 0.192. The zero-order valence-electron chi connectivity index (χ0n) is 26.9. The smallest absolute Gasteiger partial charge is 0.137 e. The molecule has 0 saturated heterocycles. The van der Waals surface area contributed by atoms with Gasteiger partial charge in [0.15, 0.2) is 0 Å². The van der Waals surface area contributed by atoms with Gasteiger partial charge in [0.1, 0.15) is 22.3 Å². The Morgan fingerprint density at radius 3 is 1.76 bits per heavy atom. The number of para-hydroxylation sites is 3. The Hall–Kier alpha value is -6.78. The van der Waals surface area contributed by atoms with Crippen molar-refractivity contribution in [2.45, 2.75) is 0 Å². The fraction of sp³-hybridized carbons (Fsp3) is 0. The van der Waals surface area contributed by atoms with Crippen LogP contribution >= 0.6 is 0 Å². The van der Waals surface area contributed by atoms with Crippen molar-refractivity contribution >= 4 is 93.5 Å². The van der Waals surface area contributed by atoms with Crippen molar-refractivity contribution in [1.29, 1.82) is 0 Å². The topological polar surface area (TPSA) is 34.5 Å². The molecular weight excluding hydrogens is 613 g/mol. The third-order valence-electron chi connectivity index (χ3n) is 10.2. The maximum Gasteiger partial charge on any atom is 0.137 e. The van der Waals surface area contributed by atoms with Crippen molar-refractivity contribution in [1.82, 2.24) is 4.57 Å². The Bertz CT molecular complexity index is 3110. The Morgan fingerprint density at radius 2 is 0.940 bits per heavy atom. The van der Waals surface area contributed by atoms with Crippen LogP contribution in [0.4, 0.5) is 17.1 Å². The Morgan fingerprint density at radius 1 is 0.360 bits per heavy atom. The molecule has 0 saturated carbocycles. The zero-order valence-corrected chi connectivity index (χ0v) is 26.9. The summed E-state index contributed by atoms with van der Waals surface area (Å²) in [6.07, 6.45) is 0. The van der Waals surface area contributed by atoms with Gasteiger partial charge in [0, 0.05) is 61.1 Å². The molecular formula is C46H28N2O2. The first-order chi connectivity index (χ1) is 24.8. The molecule has 0 amide bonds. The van der Waals surface area contributed by atoms with Crippen LogP contribution in [0, 0.1) is 0 Å². The van der Waals surface area contributed by atoms with Gasteiger partial charge < -0.3 is 18.3 Å².